The summed E-state index contributed by atoms with van der Waals surface area (Å²) in [6.07, 6.45) is 1.75. The van der Waals surface area contributed by atoms with Gasteiger partial charge in [0.05, 0.1) is 14.8 Å². The molecule has 1 heterocycles. The molecule has 0 saturated heterocycles. The first-order valence-corrected chi connectivity index (χ1v) is 10.2. The summed E-state index contributed by atoms with van der Waals surface area (Å²) in [5.74, 6) is -0.767. The number of hydrogen-bond donors (Lipinski definition) is 2. The number of thiophene rings is 1. The Morgan fingerprint density at radius 3 is 2.60 bits per heavy atom. The second-order valence-electron chi connectivity index (χ2n) is 5.78. The maximum absolute atomic E-state index is 12.4. The Kier molecular flexibility index (Phi) is 4.86. The van der Waals surface area contributed by atoms with Crippen LogP contribution in [0, 0.1) is 12.8 Å². The highest BCUT2D eigenvalue weighted by atomic mass is 35.5. The van der Waals surface area contributed by atoms with Crippen molar-refractivity contribution in [1.82, 2.24) is 4.72 Å². The third-order valence-electron chi connectivity index (χ3n) is 3.65. The number of sulfonamides is 1. The normalized spacial score (nSPS) is 14.2. The van der Waals surface area contributed by atoms with Crippen molar-refractivity contribution in [2.75, 3.05) is 5.32 Å². The van der Waals surface area contributed by atoms with E-state index < -0.39 is 15.9 Å². The molecule has 25 heavy (non-hydrogen) atoms. The largest absolute Gasteiger partial charge is 0.317 e. The van der Waals surface area contributed by atoms with Crippen LogP contribution in [0.5, 0.6) is 0 Å². The molecule has 1 aromatic carbocycles. The van der Waals surface area contributed by atoms with Crippen molar-refractivity contribution in [2.24, 2.45) is 5.92 Å². The van der Waals surface area contributed by atoms with E-state index in [1.165, 1.54) is 18.2 Å². The van der Waals surface area contributed by atoms with E-state index >= 15 is 0 Å². The van der Waals surface area contributed by atoms with Gasteiger partial charge in [0.15, 0.2) is 0 Å². The van der Waals surface area contributed by atoms with Crippen LogP contribution in [-0.4, -0.2) is 20.2 Å². The van der Waals surface area contributed by atoms with Crippen molar-refractivity contribution in [2.45, 2.75) is 24.7 Å². The first-order valence-electron chi connectivity index (χ1n) is 7.50. The number of nitrogens with one attached hydrogen (secondary N) is 2. The third kappa shape index (κ3) is 4.20. The molecule has 0 unspecified atom stereocenters. The number of anilines is 1. The molecule has 0 radical (unpaired) electrons. The van der Waals surface area contributed by atoms with E-state index in [9.17, 15) is 18.0 Å². The van der Waals surface area contributed by atoms with E-state index in [0.29, 0.717) is 10.6 Å². The van der Waals surface area contributed by atoms with Gasteiger partial charge >= 0.3 is 0 Å². The lowest BCUT2D eigenvalue weighted by Crippen LogP contribution is -2.30. The highest BCUT2D eigenvalue weighted by Crippen LogP contribution is 2.33. The van der Waals surface area contributed by atoms with Crippen LogP contribution in [0.4, 0.5) is 5.00 Å². The molecule has 1 fully saturated rings. The van der Waals surface area contributed by atoms with E-state index in [2.05, 4.69) is 5.32 Å². The van der Waals surface area contributed by atoms with Crippen LogP contribution < -0.4 is 10.0 Å². The van der Waals surface area contributed by atoms with Gasteiger partial charge in [-0.05, 0) is 49.6 Å². The molecule has 0 spiro atoms. The lowest BCUT2D eigenvalue weighted by molar-refractivity contribution is -0.117. The topological polar surface area (TPSA) is 92.3 Å². The average Bonchev–Trinajstić information content (AvgIpc) is 3.31. The highest BCUT2D eigenvalue weighted by Gasteiger charge is 2.30. The fraction of sp³-hybridized carbons (Fsp3) is 0.250. The van der Waals surface area contributed by atoms with Gasteiger partial charge in [0.1, 0.15) is 0 Å². The van der Waals surface area contributed by atoms with E-state index in [1.807, 2.05) is 4.72 Å². The van der Waals surface area contributed by atoms with Crippen LogP contribution in [0.15, 0.2) is 35.2 Å². The minimum absolute atomic E-state index is 0.0443. The summed E-state index contributed by atoms with van der Waals surface area (Å²) in [7, 11) is -4.03. The Morgan fingerprint density at radius 2 is 1.96 bits per heavy atom. The van der Waals surface area contributed by atoms with Gasteiger partial charge in [-0.15, -0.1) is 11.3 Å². The molecule has 2 aromatic rings. The van der Waals surface area contributed by atoms with Gasteiger partial charge in [0.2, 0.25) is 5.91 Å². The van der Waals surface area contributed by atoms with Crippen LogP contribution in [0.1, 0.15) is 28.1 Å². The van der Waals surface area contributed by atoms with Gasteiger partial charge in [0.25, 0.3) is 15.9 Å². The van der Waals surface area contributed by atoms with Gasteiger partial charge in [-0.3, -0.25) is 9.59 Å². The number of halogens is 1. The zero-order chi connectivity index (χ0) is 18.2. The Hall–Kier alpha value is -1.90. The molecule has 6 nitrogen and oxygen atoms in total. The molecule has 3 rings (SSSR count). The summed E-state index contributed by atoms with van der Waals surface area (Å²) < 4.78 is 26.6. The van der Waals surface area contributed by atoms with Crippen molar-refractivity contribution in [1.29, 1.82) is 0 Å². The molecule has 132 valence electrons. The lowest BCUT2D eigenvalue weighted by Gasteiger charge is -2.06. The Morgan fingerprint density at radius 1 is 1.24 bits per heavy atom. The van der Waals surface area contributed by atoms with Crippen molar-refractivity contribution < 1.29 is 18.0 Å². The van der Waals surface area contributed by atoms with Gasteiger partial charge in [-0.2, -0.15) is 0 Å². The van der Waals surface area contributed by atoms with Crippen molar-refractivity contribution in [3.63, 3.8) is 0 Å². The molecule has 1 aromatic heterocycles. The number of amides is 2. The van der Waals surface area contributed by atoms with E-state index in [1.54, 1.807) is 19.1 Å². The molecule has 2 N–H and O–H groups in total. The fourth-order valence-electron chi connectivity index (χ4n) is 2.20. The number of hydrogen-bond acceptors (Lipinski definition) is 5. The Balaban J connectivity index is 1.76. The quantitative estimate of drug-likeness (QED) is 0.809. The number of benzene rings is 1. The van der Waals surface area contributed by atoms with E-state index in [0.717, 1.165) is 24.2 Å². The van der Waals surface area contributed by atoms with E-state index in [-0.39, 0.29) is 26.6 Å². The molecule has 9 heteroatoms. The first-order chi connectivity index (χ1) is 11.8. The summed E-state index contributed by atoms with van der Waals surface area (Å²) in [5, 5.41) is 3.54. The highest BCUT2D eigenvalue weighted by molar-refractivity contribution is 7.90. The van der Waals surface area contributed by atoms with Gasteiger partial charge < -0.3 is 5.32 Å². The minimum Gasteiger partial charge on any atom is -0.317 e. The molecule has 0 aliphatic heterocycles. The molecule has 1 aliphatic carbocycles. The predicted octanol–water partition coefficient (Wildman–Crippen LogP) is 3.18. The van der Waals surface area contributed by atoms with Crippen LogP contribution in [0.3, 0.4) is 0 Å². The number of rotatable bonds is 5. The maximum Gasteiger partial charge on any atom is 0.275 e. The second kappa shape index (κ2) is 6.78. The molecule has 1 saturated carbocycles. The lowest BCUT2D eigenvalue weighted by atomic mass is 10.3. The summed E-state index contributed by atoms with van der Waals surface area (Å²) in [6.45, 7) is 1.68. The fourth-order valence-corrected chi connectivity index (χ4v) is 4.49. The standard InChI is InChI=1S/C16H15ClN2O4S2/c1-9-7-13(18-15(20)10-5-6-10)24-14(9)16(21)19-25(22,23)12-4-2-3-11(17)8-12/h2-4,7-8,10H,5-6H2,1H3,(H,18,20)(H,19,21). The van der Waals surface area contributed by atoms with Crippen molar-refractivity contribution >= 4 is 49.8 Å². The predicted molar refractivity (Wildman–Crippen MR) is 96.5 cm³/mol. The number of carbonyl (C=O) groups is 2. The van der Waals surface area contributed by atoms with Gasteiger partial charge in [-0.25, -0.2) is 13.1 Å². The summed E-state index contributed by atoms with van der Waals surface area (Å²) in [4.78, 5) is 24.3. The summed E-state index contributed by atoms with van der Waals surface area (Å²) >= 11 is 6.84. The molecule has 1 aliphatic rings. The molecular weight excluding hydrogens is 384 g/mol. The monoisotopic (exact) mass is 398 g/mol. The molecular formula is C16H15ClN2O4S2. The maximum atomic E-state index is 12.4. The molecule has 0 atom stereocenters. The molecule has 0 bridgehead atoms. The SMILES string of the molecule is Cc1cc(NC(=O)C2CC2)sc1C(=O)NS(=O)(=O)c1cccc(Cl)c1. The van der Waals surface area contributed by atoms with Gasteiger partial charge in [0, 0.05) is 10.9 Å². The van der Waals surface area contributed by atoms with Crippen LogP contribution in [0.2, 0.25) is 5.02 Å². The second-order valence-corrected chi connectivity index (χ2v) is 8.95. The Labute approximate surface area is 154 Å². The van der Waals surface area contributed by atoms with Crippen molar-refractivity contribution in [3.8, 4) is 0 Å². The number of aryl methyl sites for hydroxylation is 1. The minimum atomic E-state index is -4.03. The summed E-state index contributed by atoms with van der Waals surface area (Å²) in [5.41, 5.74) is 0.592. The van der Waals surface area contributed by atoms with E-state index in [4.69, 9.17) is 11.6 Å². The van der Waals surface area contributed by atoms with Crippen LogP contribution >= 0.6 is 22.9 Å². The van der Waals surface area contributed by atoms with Crippen molar-refractivity contribution in [3.05, 3.63) is 45.8 Å². The van der Waals surface area contributed by atoms with Gasteiger partial charge in [-0.1, -0.05) is 17.7 Å². The molecule has 2 amide bonds. The summed E-state index contributed by atoms with van der Waals surface area (Å²) in [6, 6.07) is 7.31. The average molecular weight is 399 g/mol. The van der Waals surface area contributed by atoms with Crippen LogP contribution in [0.25, 0.3) is 0 Å². The number of carbonyl (C=O) groups excluding carboxylic acids is 2. The van der Waals surface area contributed by atoms with Crippen LogP contribution in [-0.2, 0) is 14.8 Å². The smallest absolute Gasteiger partial charge is 0.275 e. The first kappa shape index (κ1) is 17.9. The third-order valence-corrected chi connectivity index (χ3v) is 6.37. The zero-order valence-electron chi connectivity index (χ0n) is 13.2. The Bertz CT molecular complexity index is 949. The zero-order valence-corrected chi connectivity index (χ0v) is 15.6.